The summed E-state index contributed by atoms with van der Waals surface area (Å²) in [6.45, 7) is 1.39. The van der Waals surface area contributed by atoms with Gasteiger partial charge in [0.15, 0.2) is 18.0 Å². The first-order chi connectivity index (χ1) is 13.9. The summed E-state index contributed by atoms with van der Waals surface area (Å²) in [5, 5.41) is 23.8. The van der Waals surface area contributed by atoms with E-state index in [1.165, 1.54) is 12.4 Å². The molecule has 0 saturated carbocycles. The second kappa shape index (κ2) is 8.76. The van der Waals surface area contributed by atoms with Crippen molar-refractivity contribution < 1.29 is 13.8 Å². The average molecular weight is 437 g/mol. The Labute approximate surface area is 175 Å². The monoisotopic (exact) mass is 436 g/mol. The molecule has 0 spiro atoms. The Morgan fingerprint density at radius 1 is 1.45 bits per heavy atom. The summed E-state index contributed by atoms with van der Waals surface area (Å²) < 4.78 is 14.4. The Kier molecular flexibility index (Phi) is 6.36. The number of carbonyl (C=O) groups is 1. The van der Waals surface area contributed by atoms with Gasteiger partial charge in [0.2, 0.25) is 0 Å². The average Bonchev–Trinajstić information content (AvgIpc) is 3.11. The van der Waals surface area contributed by atoms with E-state index >= 15 is 0 Å². The van der Waals surface area contributed by atoms with Crippen LogP contribution in [0.1, 0.15) is 28.5 Å². The zero-order valence-corrected chi connectivity index (χ0v) is 17.1. The number of fused-ring (bicyclic) bond motifs is 1. The van der Waals surface area contributed by atoms with Gasteiger partial charge in [-0.3, -0.25) is 10.2 Å². The maximum atomic E-state index is 13.3. The van der Waals surface area contributed by atoms with Crippen LogP contribution in [0.3, 0.4) is 0 Å². The lowest BCUT2D eigenvalue weighted by atomic mass is 10.1. The van der Waals surface area contributed by atoms with Crippen LogP contribution in [0.5, 0.6) is 0 Å². The van der Waals surface area contributed by atoms with E-state index in [2.05, 4.69) is 20.6 Å². The first-order valence-corrected chi connectivity index (χ1v) is 9.60. The number of amides is 1. The summed E-state index contributed by atoms with van der Waals surface area (Å²) >= 11 is 5.90. The molecule has 0 unspecified atom stereocenters. The number of hydrogen-bond donors (Lipinski definition) is 4. The molecule has 0 saturated heterocycles. The first-order valence-electron chi connectivity index (χ1n) is 8.55. The molecule has 0 aliphatic carbocycles. The topological polar surface area (TPSA) is 116 Å². The number of aliphatic hydroxyl groups excluding tert-OH is 1. The van der Waals surface area contributed by atoms with Gasteiger partial charge in [-0.05, 0) is 25.1 Å². The predicted molar refractivity (Wildman–Crippen MR) is 113 cm³/mol. The van der Waals surface area contributed by atoms with Gasteiger partial charge in [0.25, 0.3) is 5.91 Å². The highest BCUT2D eigenvalue weighted by Gasteiger charge is 2.21. The van der Waals surface area contributed by atoms with Gasteiger partial charge >= 0.3 is 0 Å². The quantitative estimate of drug-likeness (QED) is 0.423. The molecule has 3 rings (SSSR count). The van der Waals surface area contributed by atoms with Crippen LogP contribution in [-0.2, 0) is 0 Å². The molecule has 4 N–H and O–H groups in total. The van der Waals surface area contributed by atoms with E-state index in [-0.39, 0.29) is 47.1 Å². The van der Waals surface area contributed by atoms with E-state index in [1.807, 2.05) is 0 Å². The number of rotatable bonds is 7. The molecule has 3 aromatic rings. The Balaban J connectivity index is 2.08. The summed E-state index contributed by atoms with van der Waals surface area (Å²) in [4.78, 5) is 21.1. The van der Waals surface area contributed by atoms with Gasteiger partial charge in [0.05, 0.1) is 24.1 Å². The maximum Gasteiger partial charge on any atom is 0.255 e. The molecule has 11 heteroatoms. The van der Waals surface area contributed by atoms with Crippen LogP contribution in [0.25, 0.3) is 11.2 Å². The number of nitrogens with one attached hydrogen (secondary N) is 3. The Bertz CT molecular complexity index is 1090. The highest BCUT2D eigenvalue weighted by atomic mass is 35.5. The van der Waals surface area contributed by atoms with E-state index in [9.17, 15) is 8.68 Å². The van der Waals surface area contributed by atoms with Crippen LogP contribution < -0.4 is 10.6 Å². The Morgan fingerprint density at radius 3 is 2.86 bits per heavy atom. The van der Waals surface area contributed by atoms with Crippen LogP contribution >= 0.6 is 23.9 Å². The lowest BCUT2D eigenvalue weighted by Crippen LogP contribution is -2.35. The van der Waals surface area contributed by atoms with Crippen molar-refractivity contribution in [2.24, 2.45) is 0 Å². The van der Waals surface area contributed by atoms with Crippen LogP contribution in [0, 0.1) is 5.41 Å². The van der Waals surface area contributed by atoms with Gasteiger partial charge in [-0.15, -0.1) is 3.89 Å². The zero-order valence-electron chi connectivity index (χ0n) is 15.5. The predicted octanol–water partition coefficient (Wildman–Crippen LogP) is 3.03. The Morgan fingerprint density at radius 2 is 2.21 bits per heavy atom. The summed E-state index contributed by atoms with van der Waals surface area (Å²) in [6, 6.07) is 4.54. The van der Waals surface area contributed by atoms with Crippen LogP contribution in [0.4, 0.5) is 9.57 Å². The van der Waals surface area contributed by atoms with Gasteiger partial charge < -0.3 is 15.7 Å². The fourth-order valence-electron chi connectivity index (χ4n) is 2.73. The molecule has 0 aliphatic heterocycles. The lowest BCUT2D eigenvalue weighted by Gasteiger charge is -2.11. The number of benzene rings is 1. The minimum Gasteiger partial charge on any atom is -0.394 e. The van der Waals surface area contributed by atoms with E-state index in [0.717, 1.165) is 3.97 Å². The van der Waals surface area contributed by atoms with Gasteiger partial charge in [0.1, 0.15) is 11.2 Å². The van der Waals surface area contributed by atoms with Crippen molar-refractivity contribution in [2.75, 3.05) is 19.0 Å². The number of aromatic nitrogens is 3. The molecule has 2 heterocycles. The fraction of sp³-hybridized carbons (Fsp3) is 0.222. The van der Waals surface area contributed by atoms with Crippen LogP contribution in [-0.4, -0.2) is 50.4 Å². The largest absolute Gasteiger partial charge is 0.394 e. The summed E-state index contributed by atoms with van der Waals surface area (Å²) in [6.07, 6.45) is 2.63. The molecule has 1 atom stereocenters. The van der Waals surface area contributed by atoms with Gasteiger partial charge in [-0.1, -0.05) is 11.6 Å². The van der Waals surface area contributed by atoms with Crippen molar-refractivity contribution in [2.45, 2.75) is 13.0 Å². The molecule has 2 aromatic heterocycles. The van der Waals surface area contributed by atoms with E-state index in [0.29, 0.717) is 16.3 Å². The second-order valence-electron chi connectivity index (χ2n) is 6.24. The van der Waals surface area contributed by atoms with Gasteiger partial charge in [-0.25, -0.2) is 13.9 Å². The standard InChI is InChI=1S/C18H18ClFN6O2S/c1-9(8-27)24-18(28)12-7-26(29-20)17-16(12)25-14(6-23-17)15(21)11-4-3-10(19)5-13(11)22-2/h3-7,9,21-22,27H,8H2,1-2H3,(H,24,28)/t9-/m1/s1. The number of anilines is 1. The molecule has 0 aliphatic rings. The molecule has 152 valence electrons. The molecule has 1 amide bonds. The first kappa shape index (κ1) is 21.0. The highest BCUT2D eigenvalue weighted by Crippen LogP contribution is 2.26. The summed E-state index contributed by atoms with van der Waals surface area (Å²) in [5.41, 5.74) is 1.86. The summed E-state index contributed by atoms with van der Waals surface area (Å²) in [5.74, 6) is -0.523. The minimum absolute atomic E-state index is 0.0659. The second-order valence-corrected chi connectivity index (χ2v) is 7.20. The fourth-order valence-corrected chi connectivity index (χ4v) is 3.25. The van der Waals surface area contributed by atoms with Crippen LogP contribution in [0.15, 0.2) is 30.6 Å². The number of aliphatic hydroxyl groups is 1. The number of halogens is 2. The molecule has 0 radical (unpaired) electrons. The van der Waals surface area contributed by atoms with Crippen LogP contribution in [0.2, 0.25) is 5.02 Å². The van der Waals surface area contributed by atoms with Crippen molar-refractivity contribution in [1.29, 1.82) is 5.41 Å². The number of nitrogens with zero attached hydrogens (tertiary/aromatic N) is 3. The zero-order chi connectivity index (χ0) is 21.1. The SMILES string of the molecule is CNc1cc(Cl)ccc1C(=N)c1cnc2c(n1)c(C(=O)N[C@H](C)CO)cn2SF. The molecular formula is C18H18ClFN6O2S. The number of carbonyl (C=O) groups excluding carboxylic acids is 1. The molecule has 0 fully saturated rings. The van der Waals surface area contributed by atoms with Crippen molar-refractivity contribution in [1.82, 2.24) is 19.3 Å². The third-order valence-electron chi connectivity index (χ3n) is 4.21. The van der Waals surface area contributed by atoms with Crippen molar-refractivity contribution in [3.05, 3.63) is 52.4 Å². The van der Waals surface area contributed by atoms with Crippen molar-refractivity contribution in [3.8, 4) is 0 Å². The lowest BCUT2D eigenvalue weighted by molar-refractivity contribution is 0.0924. The normalized spacial score (nSPS) is 12.0. The maximum absolute atomic E-state index is 13.3. The summed E-state index contributed by atoms with van der Waals surface area (Å²) in [7, 11) is 1.71. The van der Waals surface area contributed by atoms with Gasteiger partial charge in [0, 0.05) is 35.6 Å². The van der Waals surface area contributed by atoms with Crippen molar-refractivity contribution >= 4 is 52.4 Å². The minimum atomic E-state index is -0.523. The molecule has 0 bridgehead atoms. The Hall–Kier alpha value is -2.69. The number of hydrogen-bond acceptors (Lipinski definition) is 7. The van der Waals surface area contributed by atoms with E-state index < -0.39 is 11.9 Å². The van der Waals surface area contributed by atoms with Crippen molar-refractivity contribution in [3.63, 3.8) is 0 Å². The molecule has 29 heavy (non-hydrogen) atoms. The third-order valence-corrected chi connectivity index (χ3v) is 4.87. The van der Waals surface area contributed by atoms with E-state index in [4.69, 9.17) is 22.1 Å². The molecule has 1 aromatic carbocycles. The van der Waals surface area contributed by atoms with E-state index in [1.54, 1.807) is 32.2 Å². The molecular weight excluding hydrogens is 419 g/mol. The smallest absolute Gasteiger partial charge is 0.255 e. The van der Waals surface area contributed by atoms with Gasteiger partial charge in [-0.2, -0.15) is 0 Å². The third kappa shape index (κ3) is 4.19. The highest BCUT2D eigenvalue weighted by molar-refractivity contribution is 7.92. The molecule has 8 nitrogen and oxygen atoms in total.